The van der Waals surface area contributed by atoms with E-state index in [9.17, 15) is 27.6 Å². The highest BCUT2D eigenvalue weighted by molar-refractivity contribution is 5.88. The van der Waals surface area contributed by atoms with E-state index in [0.717, 1.165) is 12.1 Å². The van der Waals surface area contributed by atoms with E-state index in [-0.39, 0.29) is 24.0 Å². The quantitative estimate of drug-likeness (QED) is 0.668. The van der Waals surface area contributed by atoms with Gasteiger partial charge < -0.3 is 16.2 Å². The molecule has 2 aromatic rings. The van der Waals surface area contributed by atoms with Gasteiger partial charge in [-0.3, -0.25) is 9.59 Å². The largest absolute Gasteiger partial charge is 0.478 e. The summed E-state index contributed by atoms with van der Waals surface area (Å²) < 4.78 is 38.2. The maximum atomic E-state index is 12.7. The lowest BCUT2D eigenvalue weighted by molar-refractivity contribution is -0.137. The van der Waals surface area contributed by atoms with Crippen LogP contribution >= 0.6 is 0 Å². The SMILES string of the molecule is NC(=O)[C@H](Cc1ccc(C(=O)O)cc1)NC(=O)Cc1cccc(C(F)(F)F)c1. The number of amides is 2. The highest BCUT2D eigenvalue weighted by atomic mass is 19.4. The molecule has 2 amide bonds. The highest BCUT2D eigenvalue weighted by Crippen LogP contribution is 2.29. The van der Waals surface area contributed by atoms with Crippen molar-refractivity contribution < 1.29 is 32.7 Å². The van der Waals surface area contributed by atoms with Gasteiger partial charge in [0.1, 0.15) is 6.04 Å². The van der Waals surface area contributed by atoms with Crippen LogP contribution in [0, 0.1) is 0 Å². The average Bonchev–Trinajstić information content (AvgIpc) is 2.61. The number of rotatable bonds is 7. The second kappa shape index (κ2) is 8.55. The Morgan fingerprint density at radius 2 is 1.68 bits per heavy atom. The number of nitrogens with two attached hydrogens (primary N) is 1. The van der Waals surface area contributed by atoms with Crippen molar-refractivity contribution in [3.05, 3.63) is 70.8 Å². The van der Waals surface area contributed by atoms with Crippen LogP contribution in [0.5, 0.6) is 0 Å². The molecule has 0 heterocycles. The lowest BCUT2D eigenvalue weighted by atomic mass is 10.0. The van der Waals surface area contributed by atoms with Crippen LogP contribution in [0.3, 0.4) is 0 Å². The molecule has 0 radical (unpaired) electrons. The number of aromatic carboxylic acids is 1. The van der Waals surface area contributed by atoms with Crippen LogP contribution in [0.1, 0.15) is 27.0 Å². The third-order valence-corrected chi connectivity index (χ3v) is 3.94. The molecule has 9 heteroatoms. The zero-order valence-corrected chi connectivity index (χ0v) is 14.5. The molecule has 0 aliphatic carbocycles. The van der Waals surface area contributed by atoms with Gasteiger partial charge in [0.15, 0.2) is 0 Å². The summed E-state index contributed by atoms with van der Waals surface area (Å²) in [4.78, 5) is 34.6. The third-order valence-electron chi connectivity index (χ3n) is 3.94. The van der Waals surface area contributed by atoms with Crippen molar-refractivity contribution in [3.63, 3.8) is 0 Å². The first-order valence-electron chi connectivity index (χ1n) is 8.13. The number of carbonyl (C=O) groups is 3. The lowest BCUT2D eigenvalue weighted by Crippen LogP contribution is -2.46. The van der Waals surface area contributed by atoms with E-state index in [0.29, 0.717) is 5.56 Å². The minimum atomic E-state index is -4.52. The van der Waals surface area contributed by atoms with E-state index in [1.54, 1.807) is 0 Å². The summed E-state index contributed by atoms with van der Waals surface area (Å²) in [6.45, 7) is 0. The van der Waals surface area contributed by atoms with Gasteiger partial charge in [-0.05, 0) is 29.3 Å². The molecule has 6 nitrogen and oxygen atoms in total. The maximum Gasteiger partial charge on any atom is 0.416 e. The molecule has 0 spiro atoms. The monoisotopic (exact) mass is 394 g/mol. The lowest BCUT2D eigenvalue weighted by Gasteiger charge is -2.16. The molecule has 0 bridgehead atoms. The summed E-state index contributed by atoms with van der Waals surface area (Å²) in [5, 5.41) is 11.3. The minimum absolute atomic E-state index is 0.0174. The Balaban J connectivity index is 2.04. The van der Waals surface area contributed by atoms with Crippen molar-refractivity contribution in [3.8, 4) is 0 Å². The van der Waals surface area contributed by atoms with Gasteiger partial charge in [0.2, 0.25) is 11.8 Å². The normalized spacial score (nSPS) is 12.2. The van der Waals surface area contributed by atoms with Gasteiger partial charge in [-0.15, -0.1) is 0 Å². The number of nitrogens with one attached hydrogen (secondary N) is 1. The van der Waals surface area contributed by atoms with Gasteiger partial charge in [-0.1, -0.05) is 30.3 Å². The van der Waals surface area contributed by atoms with Gasteiger partial charge in [-0.2, -0.15) is 13.2 Å². The van der Waals surface area contributed by atoms with Crippen molar-refractivity contribution in [1.29, 1.82) is 0 Å². The smallest absolute Gasteiger partial charge is 0.416 e. The summed E-state index contributed by atoms with van der Waals surface area (Å²) in [6.07, 6.45) is -4.86. The van der Waals surface area contributed by atoms with Crippen LogP contribution in [0.15, 0.2) is 48.5 Å². The van der Waals surface area contributed by atoms with E-state index in [2.05, 4.69) is 5.32 Å². The van der Waals surface area contributed by atoms with Crippen molar-refractivity contribution >= 4 is 17.8 Å². The molecule has 2 aromatic carbocycles. The number of alkyl halides is 3. The molecule has 0 unspecified atom stereocenters. The molecular weight excluding hydrogens is 377 g/mol. The molecule has 28 heavy (non-hydrogen) atoms. The molecule has 148 valence electrons. The first-order chi connectivity index (χ1) is 13.1. The minimum Gasteiger partial charge on any atom is -0.478 e. The van der Waals surface area contributed by atoms with Crippen molar-refractivity contribution in [2.24, 2.45) is 5.73 Å². The molecule has 0 fully saturated rings. The average molecular weight is 394 g/mol. The number of carboxylic acids is 1. The van der Waals surface area contributed by atoms with Crippen LogP contribution < -0.4 is 11.1 Å². The van der Waals surface area contributed by atoms with Crippen LogP contribution in [0.25, 0.3) is 0 Å². The Labute approximate surface area is 158 Å². The van der Waals surface area contributed by atoms with Crippen molar-refractivity contribution in [1.82, 2.24) is 5.32 Å². The second-order valence-corrected chi connectivity index (χ2v) is 6.10. The number of primary amides is 1. The van der Waals surface area contributed by atoms with E-state index < -0.39 is 35.6 Å². The maximum absolute atomic E-state index is 12.7. The summed E-state index contributed by atoms with van der Waals surface area (Å²) in [5.74, 6) is -2.59. The molecule has 0 aromatic heterocycles. The zero-order valence-electron chi connectivity index (χ0n) is 14.5. The molecule has 4 N–H and O–H groups in total. The third kappa shape index (κ3) is 5.83. The Bertz CT molecular complexity index is 879. The van der Waals surface area contributed by atoms with Crippen LogP contribution in [-0.2, 0) is 28.6 Å². The van der Waals surface area contributed by atoms with E-state index in [1.807, 2.05) is 0 Å². The Morgan fingerprint density at radius 1 is 1.04 bits per heavy atom. The van der Waals surface area contributed by atoms with Crippen molar-refractivity contribution in [2.45, 2.75) is 25.1 Å². The number of hydrogen-bond acceptors (Lipinski definition) is 3. The summed E-state index contributed by atoms with van der Waals surface area (Å²) in [6, 6.07) is 8.91. The van der Waals surface area contributed by atoms with Gasteiger partial charge in [0.05, 0.1) is 17.5 Å². The van der Waals surface area contributed by atoms with E-state index in [4.69, 9.17) is 10.8 Å². The van der Waals surface area contributed by atoms with Gasteiger partial charge in [-0.25, -0.2) is 4.79 Å². The summed E-state index contributed by atoms with van der Waals surface area (Å²) in [5.41, 5.74) is 5.18. The molecule has 0 saturated carbocycles. The second-order valence-electron chi connectivity index (χ2n) is 6.10. The zero-order chi connectivity index (χ0) is 20.9. The predicted octanol–water partition coefficient (Wildman–Crippen LogP) is 2.16. The van der Waals surface area contributed by atoms with Crippen LogP contribution in [0.4, 0.5) is 13.2 Å². The fourth-order valence-electron chi connectivity index (χ4n) is 2.53. The topological polar surface area (TPSA) is 109 Å². The predicted molar refractivity (Wildman–Crippen MR) is 93.4 cm³/mol. The van der Waals surface area contributed by atoms with Crippen LogP contribution in [-0.4, -0.2) is 28.9 Å². The summed E-state index contributed by atoms with van der Waals surface area (Å²) >= 11 is 0. The first kappa shape index (κ1) is 20.9. The molecule has 0 aliphatic rings. The highest BCUT2D eigenvalue weighted by Gasteiger charge is 2.30. The molecule has 0 aliphatic heterocycles. The van der Waals surface area contributed by atoms with Crippen molar-refractivity contribution in [2.75, 3.05) is 0 Å². The number of carbonyl (C=O) groups excluding carboxylic acids is 2. The fraction of sp³-hybridized carbons (Fsp3) is 0.211. The molecular formula is C19H17F3N2O4. The number of carboxylic acid groups (broad SMARTS) is 1. The first-order valence-corrected chi connectivity index (χ1v) is 8.13. The number of halogens is 3. The Morgan fingerprint density at radius 3 is 2.21 bits per heavy atom. The van der Waals surface area contributed by atoms with Gasteiger partial charge >= 0.3 is 12.1 Å². The number of benzene rings is 2. The van der Waals surface area contributed by atoms with Gasteiger partial charge in [0, 0.05) is 6.42 Å². The Hall–Kier alpha value is -3.36. The van der Waals surface area contributed by atoms with E-state index in [1.165, 1.54) is 36.4 Å². The van der Waals surface area contributed by atoms with Gasteiger partial charge in [0.25, 0.3) is 0 Å². The van der Waals surface area contributed by atoms with E-state index >= 15 is 0 Å². The standard InChI is InChI=1S/C19H17F3N2O4/c20-19(21,22)14-3-1-2-12(8-14)10-16(25)24-15(17(23)26)9-11-4-6-13(7-5-11)18(27)28/h1-8,15H,9-10H2,(H2,23,26)(H,24,25)(H,27,28)/t15-/m0/s1. The fourth-order valence-corrected chi connectivity index (χ4v) is 2.53. The molecule has 0 saturated heterocycles. The molecule has 1 atom stereocenters. The Kier molecular flexibility index (Phi) is 6.40. The molecule has 2 rings (SSSR count). The number of hydrogen-bond donors (Lipinski definition) is 3. The summed E-state index contributed by atoms with van der Waals surface area (Å²) in [7, 11) is 0. The van der Waals surface area contributed by atoms with Crippen LogP contribution in [0.2, 0.25) is 0 Å².